The van der Waals surface area contributed by atoms with Gasteiger partial charge in [-0.25, -0.2) is 4.98 Å². The van der Waals surface area contributed by atoms with Gasteiger partial charge in [0.15, 0.2) is 5.82 Å². The molecule has 3 aromatic rings. The highest BCUT2D eigenvalue weighted by molar-refractivity contribution is 7.99. The highest BCUT2D eigenvalue weighted by atomic mass is 32.2. The van der Waals surface area contributed by atoms with Crippen LogP contribution in [-0.2, 0) is 11.3 Å². The molecule has 0 radical (unpaired) electrons. The van der Waals surface area contributed by atoms with Gasteiger partial charge >= 0.3 is 0 Å². The monoisotopic (exact) mass is 423 g/mol. The zero-order chi connectivity index (χ0) is 20.8. The lowest BCUT2D eigenvalue weighted by atomic mass is 10.0. The summed E-state index contributed by atoms with van der Waals surface area (Å²) in [7, 11) is 1.63. The number of rotatable bonds is 7. The molecular formula is C22H25N5O2S. The standard InChI is InChI=1S/C22H25N5O2S/c1-29-18-9-7-17(8-10-18)21-24-19(25-26-21)15-23-22(28)20(16-5-3-2-4-6-16)27-11-13-30-14-12-27/h2-10,20H,11-15H2,1H3,(H,23,28)(H,24,25,26). The first-order valence-electron chi connectivity index (χ1n) is 9.95. The fourth-order valence-corrected chi connectivity index (χ4v) is 4.44. The van der Waals surface area contributed by atoms with Gasteiger partial charge in [-0.05, 0) is 29.8 Å². The molecule has 8 heteroatoms. The SMILES string of the molecule is COc1ccc(-c2n[nH]c(CNC(=O)C(c3ccccc3)N3CCSCC3)n2)cc1. The summed E-state index contributed by atoms with van der Waals surface area (Å²) in [4.78, 5) is 19.9. The molecule has 0 spiro atoms. The molecular weight excluding hydrogens is 398 g/mol. The predicted octanol–water partition coefficient (Wildman–Crippen LogP) is 2.89. The van der Waals surface area contributed by atoms with Gasteiger partial charge in [0.05, 0.1) is 13.7 Å². The normalized spacial score (nSPS) is 15.5. The number of carbonyl (C=O) groups excluding carboxylic acids is 1. The zero-order valence-corrected chi connectivity index (χ0v) is 17.7. The highest BCUT2D eigenvalue weighted by Crippen LogP contribution is 2.25. The van der Waals surface area contributed by atoms with Crippen LogP contribution in [0.3, 0.4) is 0 Å². The minimum Gasteiger partial charge on any atom is -0.497 e. The summed E-state index contributed by atoms with van der Waals surface area (Å²) in [6, 6.07) is 17.2. The summed E-state index contributed by atoms with van der Waals surface area (Å²) in [6.45, 7) is 2.11. The minimum absolute atomic E-state index is 0.0181. The fourth-order valence-electron chi connectivity index (χ4n) is 3.51. The van der Waals surface area contributed by atoms with Gasteiger partial charge < -0.3 is 10.1 Å². The molecule has 2 aromatic carbocycles. The number of H-pyrrole nitrogens is 1. The number of ether oxygens (including phenoxy) is 1. The third kappa shape index (κ3) is 4.83. The van der Waals surface area contributed by atoms with Gasteiger partial charge in [0.1, 0.15) is 17.6 Å². The lowest BCUT2D eigenvalue weighted by molar-refractivity contribution is -0.126. The van der Waals surface area contributed by atoms with Crippen LogP contribution in [0, 0.1) is 0 Å². The van der Waals surface area contributed by atoms with Crippen LogP contribution in [0.4, 0.5) is 0 Å². The molecule has 1 fully saturated rings. The second-order valence-corrected chi connectivity index (χ2v) is 8.24. The highest BCUT2D eigenvalue weighted by Gasteiger charge is 2.28. The zero-order valence-electron chi connectivity index (χ0n) is 16.9. The summed E-state index contributed by atoms with van der Waals surface area (Å²) in [6.07, 6.45) is 0. The van der Waals surface area contributed by atoms with Crippen LogP contribution in [0.1, 0.15) is 17.4 Å². The number of methoxy groups -OCH3 is 1. The smallest absolute Gasteiger partial charge is 0.242 e. The first-order valence-corrected chi connectivity index (χ1v) is 11.1. The van der Waals surface area contributed by atoms with E-state index in [1.54, 1.807) is 7.11 Å². The van der Waals surface area contributed by atoms with Crippen LogP contribution < -0.4 is 10.1 Å². The second kappa shape index (κ2) is 9.77. The molecule has 1 aromatic heterocycles. The van der Waals surface area contributed by atoms with Crippen LogP contribution >= 0.6 is 11.8 Å². The lowest BCUT2D eigenvalue weighted by Crippen LogP contribution is -2.44. The van der Waals surface area contributed by atoms with Crippen molar-refractivity contribution in [3.05, 3.63) is 66.0 Å². The van der Waals surface area contributed by atoms with Crippen molar-refractivity contribution in [3.8, 4) is 17.1 Å². The van der Waals surface area contributed by atoms with E-state index >= 15 is 0 Å². The molecule has 30 heavy (non-hydrogen) atoms. The molecule has 1 atom stereocenters. The van der Waals surface area contributed by atoms with Crippen LogP contribution in [0.5, 0.6) is 5.75 Å². The van der Waals surface area contributed by atoms with E-state index in [1.165, 1.54) is 0 Å². The van der Waals surface area contributed by atoms with E-state index < -0.39 is 0 Å². The van der Waals surface area contributed by atoms with E-state index in [-0.39, 0.29) is 11.9 Å². The Balaban J connectivity index is 1.43. The van der Waals surface area contributed by atoms with E-state index in [0.29, 0.717) is 18.2 Å². The Morgan fingerprint density at radius 2 is 1.90 bits per heavy atom. The third-order valence-corrected chi connectivity index (χ3v) is 6.03. The topological polar surface area (TPSA) is 83.1 Å². The Morgan fingerprint density at radius 1 is 1.17 bits per heavy atom. The predicted molar refractivity (Wildman–Crippen MR) is 118 cm³/mol. The van der Waals surface area contributed by atoms with Crippen LogP contribution in [0.2, 0.25) is 0 Å². The number of thioether (sulfide) groups is 1. The van der Waals surface area contributed by atoms with Crippen molar-refractivity contribution in [3.63, 3.8) is 0 Å². The van der Waals surface area contributed by atoms with Crippen molar-refractivity contribution < 1.29 is 9.53 Å². The number of hydrogen-bond acceptors (Lipinski definition) is 6. The van der Waals surface area contributed by atoms with Crippen molar-refractivity contribution in [2.24, 2.45) is 0 Å². The Hall–Kier alpha value is -2.84. The van der Waals surface area contributed by atoms with E-state index in [4.69, 9.17) is 4.74 Å². The maximum absolute atomic E-state index is 13.1. The summed E-state index contributed by atoms with van der Waals surface area (Å²) < 4.78 is 5.18. The van der Waals surface area contributed by atoms with E-state index in [9.17, 15) is 4.79 Å². The van der Waals surface area contributed by atoms with Crippen LogP contribution in [0.25, 0.3) is 11.4 Å². The molecule has 1 saturated heterocycles. The average Bonchev–Trinajstić information content (AvgIpc) is 3.28. The molecule has 156 valence electrons. The molecule has 4 rings (SSSR count). The molecule has 1 aliphatic heterocycles. The second-order valence-electron chi connectivity index (χ2n) is 7.01. The molecule has 2 N–H and O–H groups in total. The molecule has 2 heterocycles. The number of amides is 1. The summed E-state index contributed by atoms with van der Waals surface area (Å²) in [5.41, 5.74) is 1.90. The largest absolute Gasteiger partial charge is 0.497 e. The summed E-state index contributed by atoms with van der Waals surface area (Å²) in [5.74, 6) is 4.07. The molecule has 1 aliphatic rings. The molecule has 7 nitrogen and oxygen atoms in total. The van der Waals surface area contributed by atoms with Crippen molar-refractivity contribution in [1.29, 1.82) is 0 Å². The number of carbonyl (C=O) groups is 1. The maximum atomic E-state index is 13.1. The minimum atomic E-state index is -0.295. The number of hydrogen-bond donors (Lipinski definition) is 2. The molecule has 0 saturated carbocycles. The maximum Gasteiger partial charge on any atom is 0.242 e. The number of aromatic nitrogens is 3. The Morgan fingerprint density at radius 3 is 2.60 bits per heavy atom. The van der Waals surface area contributed by atoms with E-state index in [0.717, 1.165) is 41.5 Å². The van der Waals surface area contributed by atoms with Gasteiger partial charge in [-0.1, -0.05) is 30.3 Å². The van der Waals surface area contributed by atoms with Crippen molar-refractivity contribution in [2.45, 2.75) is 12.6 Å². The van der Waals surface area contributed by atoms with Gasteiger partial charge in [-0.3, -0.25) is 14.8 Å². The summed E-state index contributed by atoms with van der Waals surface area (Å²) >= 11 is 1.93. The number of nitrogens with one attached hydrogen (secondary N) is 2. The Bertz CT molecular complexity index is 955. The lowest BCUT2D eigenvalue weighted by Gasteiger charge is -2.33. The number of aromatic amines is 1. The van der Waals surface area contributed by atoms with Crippen LogP contribution in [0.15, 0.2) is 54.6 Å². The third-order valence-electron chi connectivity index (χ3n) is 5.08. The van der Waals surface area contributed by atoms with Gasteiger partial charge in [0.25, 0.3) is 0 Å². The number of benzene rings is 2. The Labute approximate surface area is 180 Å². The van der Waals surface area contributed by atoms with Gasteiger partial charge in [0.2, 0.25) is 5.91 Å². The fraction of sp³-hybridized carbons (Fsp3) is 0.318. The molecule has 0 bridgehead atoms. The molecule has 0 aliphatic carbocycles. The van der Waals surface area contributed by atoms with Gasteiger partial charge in [0, 0.05) is 30.2 Å². The first kappa shape index (κ1) is 20.4. The number of nitrogens with zero attached hydrogens (tertiary/aromatic N) is 3. The Kier molecular flexibility index (Phi) is 6.66. The van der Waals surface area contributed by atoms with E-state index in [2.05, 4.69) is 25.4 Å². The van der Waals surface area contributed by atoms with E-state index in [1.807, 2.05) is 66.4 Å². The van der Waals surface area contributed by atoms with Crippen molar-refractivity contribution >= 4 is 17.7 Å². The van der Waals surface area contributed by atoms with Crippen molar-refractivity contribution in [2.75, 3.05) is 31.7 Å². The molecule has 1 amide bonds. The first-order chi connectivity index (χ1) is 14.7. The van der Waals surface area contributed by atoms with Crippen molar-refractivity contribution in [1.82, 2.24) is 25.4 Å². The van der Waals surface area contributed by atoms with Crippen LogP contribution in [-0.4, -0.2) is 57.7 Å². The molecule has 1 unspecified atom stereocenters. The summed E-state index contributed by atoms with van der Waals surface area (Å²) in [5, 5.41) is 10.2. The van der Waals surface area contributed by atoms with Gasteiger partial charge in [-0.15, -0.1) is 0 Å². The quantitative estimate of drug-likeness (QED) is 0.608. The van der Waals surface area contributed by atoms with Gasteiger partial charge in [-0.2, -0.15) is 16.9 Å². The average molecular weight is 424 g/mol.